The number of ether oxygens (including phenoxy) is 1. The van der Waals surface area contributed by atoms with Gasteiger partial charge in [-0.2, -0.15) is 5.48 Å². The normalized spacial score (nSPS) is 34.1. The summed E-state index contributed by atoms with van der Waals surface area (Å²) in [7, 11) is 0. The lowest BCUT2D eigenvalue weighted by atomic mass is 9.79. The third kappa shape index (κ3) is 1.74. The highest BCUT2D eigenvalue weighted by molar-refractivity contribution is 5.29. The Morgan fingerprint density at radius 3 is 2.83 bits per heavy atom. The second-order valence-corrected chi connectivity index (χ2v) is 4.49. The summed E-state index contributed by atoms with van der Waals surface area (Å²) in [5.41, 5.74) is 1.87. The topological polar surface area (TPSA) is 30.5 Å². The molecule has 0 amide bonds. The van der Waals surface area contributed by atoms with Gasteiger partial charge in [-0.3, -0.25) is 4.84 Å². The average Bonchev–Trinajstić information content (AvgIpc) is 2.92. The first-order valence-electron chi connectivity index (χ1n) is 5.59. The first-order valence-corrected chi connectivity index (χ1v) is 5.59. The fraction of sp³-hybridized carbons (Fsp3) is 0.538. The summed E-state index contributed by atoms with van der Waals surface area (Å²) >= 11 is 0. The van der Waals surface area contributed by atoms with Crippen molar-refractivity contribution in [2.45, 2.75) is 19.1 Å². The van der Waals surface area contributed by atoms with Crippen LogP contribution in [0, 0.1) is 11.7 Å². The first-order chi connectivity index (χ1) is 8.28. The lowest BCUT2D eigenvalue weighted by molar-refractivity contribution is -0.0205. The second kappa shape index (κ2) is 4.91. The van der Waals surface area contributed by atoms with E-state index in [9.17, 15) is 8.78 Å². The summed E-state index contributed by atoms with van der Waals surface area (Å²) in [6, 6.07) is 6.20. The van der Waals surface area contributed by atoms with Crippen molar-refractivity contribution < 1.29 is 18.4 Å². The molecule has 0 spiro atoms. The second-order valence-electron chi connectivity index (χ2n) is 4.49. The van der Waals surface area contributed by atoms with Gasteiger partial charge in [-0.25, -0.2) is 8.78 Å². The molecule has 100 valence electrons. The molecule has 1 aromatic rings. The molecule has 2 heterocycles. The van der Waals surface area contributed by atoms with Gasteiger partial charge in [-0.15, -0.1) is 0 Å². The molecule has 3 rings (SSSR count). The summed E-state index contributed by atoms with van der Waals surface area (Å²) in [4.78, 5) is 5.31. The van der Waals surface area contributed by atoms with Gasteiger partial charge in [-0.05, 0) is 6.07 Å². The van der Waals surface area contributed by atoms with Crippen LogP contribution < -0.4 is 5.48 Å². The standard InChI is InChI=1S/C12H13F2NO2.CH4/c13-7-12(8-3-1-2-4-10(8)14)9-5-16-6-11(9)17-15-12;/h1-4,9,11,15H,5-7H2;1H4/t9-,11+,12+;/m0./s1. The lowest BCUT2D eigenvalue weighted by Crippen LogP contribution is -2.45. The molecule has 0 radical (unpaired) electrons. The van der Waals surface area contributed by atoms with Crippen molar-refractivity contribution in [3.8, 4) is 0 Å². The van der Waals surface area contributed by atoms with E-state index >= 15 is 0 Å². The Bertz CT molecular complexity index is 429. The smallest absolute Gasteiger partial charge is 0.128 e. The lowest BCUT2D eigenvalue weighted by Gasteiger charge is -2.30. The molecule has 1 N–H and O–H groups in total. The highest BCUT2D eigenvalue weighted by atomic mass is 19.1. The Morgan fingerprint density at radius 1 is 1.33 bits per heavy atom. The van der Waals surface area contributed by atoms with Crippen molar-refractivity contribution >= 4 is 0 Å². The molecule has 3 atom stereocenters. The molecule has 18 heavy (non-hydrogen) atoms. The molecule has 2 aliphatic rings. The third-order valence-corrected chi connectivity index (χ3v) is 3.62. The van der Waals surface area contributed by atoms with Crippen molar-refractivity contribution in [1.82, 2.24) is 5.48 Å². The Hall–Kier alpha value is -1.04. The highest BCUT2D eigenvalue weighted by Gasteiger charge is 2.55. The van der Waals surface area contributed by atoms with E-state index in [1.54, 1.807) is 18.2 Å². The number of alkyl halides is 1. The average molecular weight is 257 g/mol. The van der Waals surface area contributed by atoms with E-state index in [1.165, 1.54) is 6.07 Å². The molecule has 0 aliphatic carbocycles. The van der Waals surface area contributed by atoms with Crippen molar-refractivity contribution in [2.75, 3.05) is 19.9 Å². The predicted molar refractivity (Wildman–Crippen MR) is 63.1 cm³/mol. The zero-order valence-electron chi connectivity index (χ0n) is 9.16. The number of hydrogen-bond acceptors (Lipinski definition) is 3. The van der Waals surface area contributed by atoms with Crippen LogP contribution in [-0.4, -0.2) is 26.0 Å². The van der Waals surface area contributed by atoms with Crippen LogP contribution in [0.3, 0.4) is 0 Å². The van der Waals surface area contributed by atoms with Gasteiger partial charge in [0.1, 0.15) is 24.1 Å². The van der Waals surface area contributed by atoms with E-state index in [1.807, 2.05) is 0 Å². The number of hydrogen-bond donors (Lipinski definition) is 1. The highest BCUT2D eigenvalue weighted by Crippen LogP contribution is 2.42. The molecule has 0 saturated carbocycles. The minimum absolute atomic E-state index is 0. The molecular formula is C13H17F2NO2. The van der Waals surface area contributed by atoms with Gasteiger partial charge in [0.15, 0.2) is 0 Å². The van der Waals surface area contributed by atoms with Crippen LogP contribution in [0.15, 0.2) is 24.3 Å². The minimum Gasteiger partial charge on any atom is -0.378 e. The summed E-state index contributed by atoms with van der Waals surface area (Å²) < 4.78 is 32.6. The largest absolute Gasteiger partial charge is 0.378 e. The maximum Gasteiger partial charge on any atom is 0.128 e. The molecule has 1 aromatic carbocycles. The molecule has 2 aliphatic heterocycles. The predicted octanol–water partition coefficient (Wildman–Crippen LogP) is 2.18. The fourth-order valence-corrected chi connectivity index (χ4v) is 2.64. The fourth-order valence-electron chi connectivity index (χ4n) is 2.64. The summed E-state index contributed by atoms with van der Waals surface area (Å²) in [6.07, 6.45) is -0.203. The van der Waals surface area contributed by atoms with E-state index in [4.69, 9.17) is 9.57 Å². The van der Waals surface area contributed by atoms with Crippen molar-refractivity contribution in [3.63, 3.8) is 0 Å². The summed E-state index contributed by atoms with van der Waals surface area (Å²) in [6.45, 7) is 0.0856. The Labute approximate surface area is 105 Å². The van der Waals surface area contributed by atoms with Gasteiger partial charge in [-0.1, -0.05) is 25.6 Å². The van der Waals surface area contributed by atoms with E-state index in [0.29, 0.717) is 18.8 Å². The van der Waals surface area contributed by atoms with Gasteiger partial charge < -0.3 is 4.74 Å². The zero-order chi connectivity index (χ0) is 11.9. The van der Waals surface area contributed by atoms with Crippen LogP contribution in [0.2, 0.25) is 0 Å². The van der Waals surface area contributed by atoms with Gasteiger partial charge >= 0.3 is 0 Å². The molecular weight excluding hydrogens is 240 g/mol. The quantitative estimate of drug-likeness (QED) is 0.881. The number of nitrogens with one attached hydrogen (secondary N) is 1. The van der Waals surface area contributed by atoms with Gasteiger partial charge in [0, 0.05) is 11.5 Å². The van der Waals surface area contributed by atoms with E-state index in [-0.39, 0.29) is 19.4 Å². The molecule has 5 heteroatoms. The molecule has 2 fully saturated rings. The van der Waals surface area contributed by atoms with Crippen LogP contribution >= 0.6 is 0 Å². The summed E-state index contributed by atoms with van der Waals surface area (Å²) in [5.74, 6) is -0.613. The SMILES string of the molecule is C.FC[C@]1(c2ccccc2F)NO[C@@H]2COC[C@@H]21. The van der Waals surface area contributed by atoms with Gasteiger partial charge in [0.05, 0.1) is 13.2 Å². The van der Waals surface area contributed by atoms with Crippen LogP contribution in [0.4, 0.5) is 8.78 Å². The Kier molecular flexibility index (Phi) is 3.66. The molecule has 3 nitrogen and oxygen atoms in total. The van der Waals surface area contributed by atoms with E-state index in [0.717, 1.165) is 0 Å². The monoisotopic (exact) mass is 257 g/mol. The van der Waals surface area contributed by atoms with E-state index < -0.39 is 18.0 Å². The zero-order valence-corrected chi connectivity index (χ0v) is 9.16. The van der Waals surface area contributed by atoms with Crippen molar-refractivity contribution in [3.05, 3.63) is 35.6 Å². The third-order valence-electron chi connectivity index (χ3n) is 3.62. The number of fused-ring (bicyclic) bond motifs is 1. The van der Waals surface area contributed by atoms with Crippen molar-refractivity contribution in [2.24, 2.45) is 5.92 Å². The minimum atomic E-state index is -1.12. The van der Waals surface area contributed by atoms with Crippen LogP contribution in [0.1, 0.15) is 13.0 Å². The number of hydroxylamine groups is 1. The van der Waals surface area contributed by atoms with Crippen LogP contribution in [0.5, 0.6) is 0 Å². The number of halogens is 2. The Morgan fingerprint density at radius 2 is 2.11 bits per heavy atom. The summed E-state index contributed by atoms with van der Waals surface area (Å²) in [5, 5.41) is 0. The first kappa shape index (κ1) is 13.4. The maximum atomic E-state index is 13.8. The van der Waals surface area contributed by atoms with E-state index in [2.05, 4.69) is 5.48 Å². The number of benzene rings is 1. The van der Waals surface area contributed by atoms with Crippen molar-refractivity contribution in [1.29, 1.82) is 0 Å². The molecule has 0 bridgehead atoms. The molecule has 0 aromatic heterocycles. The number of rotatable bonds is 2. The van der Waals surface area contributed by atoms with Gasteiger partial charge in [0.25, 0.3) is 0 Å². The van der Waals surface area contributed by atoms with Crippen LogP contribution in [0.25, 0.3) is 0 Å². The van der Waals surface area contributed by atoms with Gasteiger partial charge in [0.2, 0.25) is 0 Å². The Balaban J connectivity index is 0.00000120. The maximum absolute atomic E-state index is 13.8. The molecule has 2 saturated heterocycles. The van der Waals surface area contributed by atoms with Crippen LogP contribution in [-0.2, 0) is 15.1 Å². The molecule has 0 unspecified atom stereocenters.